The van der Waals surface area contributed by atoms with Crippen LogP contribution in [0.2, 0.25) is 0 Å². The fraction of sp³-hybridized carbons (Fsp3) is 0.269. The number of ether oxygens (including phenoxy) is 4. The van der Waals surface area contributed by atoms with Crippen molar-refractivity contribution < 1.29 is 18.9 Å². The van der Waals surface area contributed by atoms with E-state index in [1.54, 1.807) is 14.2 Å². The van der Waals surface area contributed by atoms with Crippen LogP contribution in [0.1, 0.15) is 42.3 Å². The van der Waals surface area contributed by atoms with E-state index in [-0.39, 0.29) is 12.3 Å². The van der Waals surface area contributed by atoms with Crippen LogP contribution < -0.4 is 18.9 Å². The Morgan fingerprint density at radius 1 is 0.906 bits per heavy atom. The van der Waals surface area contributed by atoms with Gasteiger partial charge >= 0.3 is 0 Å². The molecule has 6 heteroatoms. The van der Waals surface area contributed by atoms with Gasteiger partial charge in [0.2, 0.25) is 6.23 Å². The highest BCUT2D eigenvalue weighted by molar-refractivity contribution is 6.02. The summed E-state index contributed by atoms with van der Waals surface area (Å²) in [5.41, 5.74) is 4.21. The zero-order valence-corrected chi connectivity index (χ0v) is 18.4. The first kappa shape index (κ1) is 20.2. The molecule has 5 rings (SSSR count). The second-order valence-corrected chi connectivity index (χ2v) is 7.75. The third-order valence-corrected chi connectivity index (χ3v) is 5.90. The number of methoxy groups -OCH3 is 2. The number of benzene rings is 3. The van der Waals surface area contributed by atoms with Crippen LogP contribution in [0.4, 0.5) is 0 Å². The molecule has 0 radical (unpaired) electrons. The molecule has 164 valence electrons. The van der Waals surface area contributed by atoms with Crippen LogP contribution in [-0.2, 0) is 0 Å². The van der Waals surface area contributed by atoms with Crippen molar-refractivity contribution in [3.05, 3.63) is 83.4 Å². The van der Waals surface area contributed by atoms with Crippen LogP contribution >= 0.6 is 0 Å². The maximum Gasteiger partial charge on any atom is 0.213 e. The quantitative estimate of drug-likeness (QED) is 0.528. The fourth-order valence-electron chi connectivity index (χ4n) is 4.27. The zero-order valence-electron chi connectivity index (χ0n) is 18.4. The van der Waals surface area contributed by atoms with Crippen LogP contribution in [-0.4, -0.2) is 31.5 Å². The van der Waals surface area contributed by atoms with Crippen molar-refractivity contribution in [3.8, 4) is 23.0 Å². The van der Waals surface area contributed by atoms with Crippen molar-refractivity contribution in [2.45, 2.75) is 25.6 Å². The molecule has 0 aromatic heterocycles. The molecule has 6 nitrogen and oxygen atoms in total. The van der Waals surface area contributed by atoms with Crippen LogP contribution in [0.3, 0.4) is 0 Å². The van der Waals surface area contributed by atoms with Gasteiger partial charge in [0.05, 0.1) is 32.6 Å². The molecule has 0 amide bonds. The summed E-state index contributed by atoms with van der Waals surface area (Å²) < 4.78 is 22.8. The molecule has 0 bridgehead atoms. The van der Waals surface area contributed by atoms with Crippen molar-refractivity contribution in [1.82, 2.24) is 5.01 Å². The number of hydrazone groups is 1. The van der Waals surface area contributed by atoms with Gasteiger partial charge in [0, 0.05) is 17.5 Å². The van der Waals surface area contributed by atoms with Crippen LogP contribution in [0, 0.1) is 0 Å². The van der Waals surface area contributed by atoms with Gasteiger partial charge < -0.3 is 18.9 Å². The Hall–Kier alpha value is -3.67. The van der Waals surface area contributed by atoms with E-state index < -0.39 is 0 Å². The number of hydrogen-bond donors (Lipinski definition) is 0. The Balaban J connectivity index is 1.53. The smallest absolute Gasteiger partial charge is 0.213 e. The van der Waals surface area contributed by atoms with E-state index in [2.05, 4.69) is 17.1 Å². The maximum atomic E-state index is 6.45. The second-order valence-electron chi connectivity index (χ2n) is 7.75. The zero-order chi connectivity index (χ0) is 22.1. The number of hydrogen-bond acceptors (Lipinski definition) is 6. The lowest BCUT2D eigenvalue weighted by molar-refractivity contribution is -0.0191. The molecule has 0 aliphatic carbocycles. The van der Waals surface area contributed by atoms with Crippen LogP contribution in [0.25, 0.3) is 0 Å². The van der Waals surface area contributed by atoms with Crippen molar-refractivity contribution >= 4 is 5.71 Å². The summed E-state index contributed by atoms with van der Waals surface area (Å²) in [7, 11) is 3.35. The minimum Gasteiger partial charge on any atom is -0.497 e. The molecular weight excluding hydrogens is 404 g/mol. The van der Waals surface area contributed by atoms with Crippen molar-refractivity contribution in [3.63, 3.8) is 0 Å². The molecule has 0 N–H and O–H groups in total. The highest BCUT2D eigenvalue weighted by Gasteiger charge is 2.41. The number of nitrogens with zero attached hydrogens (tertiary/aromatic N) is 2. The molecule has 2 heterocycles. The van der Waals surface area contributed by atoms with Crippen molar-refractivity contribution in [2.75, 3.05) is 20.8 Å². The summed E-state index contributed by atoms with van der Waals surface area (Å²) in [5, 5.41) is 7.09. The second kappa shape index (κ2) is 8.46. The largest absolute Gasteiger partial charge is 0.497 e. The van der Waals surface area contributed by atoms with E-state index in [4.69, 9.17) is 24.0 Å². The fourth-order valence-corrected chi connectivity index (χ4v) is 4.27. The summed E-state index contributed by atoms with van der Waals surface area (Å²) in [6.45, 7) is 2.62. The Kier molecular flexibility index (Phi) is 5.35. The molecular formula is C26H26N2O4. The standard InChI is InChI=1S/C26H26N2O4/c1-4-31-20-11-7-18(8-12-20)26-28-24(22-15-21(30-3)13-14-25(22)32-26)16-23(27-28)17-5-9-19(29-2)10-6-17/h5-15,24,26H,4,16H2,1-3H3/t24-,26-/m0/s1. The average Bonchev–Trinajstić information content (AvgIpc) is 3.30. The highest BCUT2D eigenvalue weighted by atomic mass is 16.5. The summed E-state index contributed by atoms with van der Waals surface area (Å²) in [4.78, 5) is 0. The topological polar surface area (TPSA) is 52.5 Å². The van der Waals surface area contributed by atoms with E-state index in [1.807, 2.05) is 61.5 Å². The van der Waals surface area contributed by atoms with Crippen molar-refractivity contribution in [1.29, 1.82) is 0 Å². The lowest BCUT2D eigenvalue weighted by Crippen LogP contribution is -2.33. The average molecular weight is 431 g/mol. The third-order valence-electron chi connectivity index (χ3n) is 5.90. The van der Waals surface area contributed by atoms with E-state index in [0.29, 0.717) is 6.61 Å². The summed E-state index contributed by atoms with van der Waals surface area (Å²) in [6, 6.07) is 22.1. The summed E-state index contributed by atoms with van der Waals surface area (Å²) in [6.07, 6.45) is 0.455. The van der Waals surface area contributed by atoms with Crippen LogP contribution in [0.5, 0.6) is 23.0 Å². The van der Waals surface area contributed by atoms with Gasteiger partial charge in [-0.15, -0.1) is 0 Å². The monoisotopic (exact) mass is 430 g/mol. The van der Waals surface area contributed by atoms with Gasteiger partial charge in [-0.3, -0.25) is 0 Å². The van der Waals surface area contributed by atoms with Gasteiger partial charge in [-0.25, -0.2) is 5.01 Å². The lowest BCUT2D eigenvalue weighted by atomic mass is 9.95. The minimum atomic E-state index is -0.327. The molecule has 2 aliphatic rings. The van der Waals surface area contributed by atoms with Gasteiger partial charge in [-0.05, 0) is 79.2 Å². The van der Waals surface area contributed by atoms with Crippen LogP contribution in [0.15, 0.2) is 71.8 Å². The van der Waals surface area contributed by atoms with E-state index in [0.717, 1.165) is 51.8 Å². The number of fused-ring (bicyclic) bond motifs is 3. The van der Waals surface area contributed by atoms with Gasteiger partial charge in [0.1, 0.15) is 23.0 Å². The molecule has 3 aromatic carbocycles. The molecule has 32 heavy (non-hydrogen) atoms. The molecule has 2 aliphatic heterocycles. The molecule has 0 fully saturated rings. The maximum absolute atomic E-state index is 6.45. The van der Waals surface area contributed by atoms with E-state index in [1.165, 1.54) is 0 Å². The van der Waals surface area contributed by atoms with E-state index in [9.17, 15) is 0 Å². The van der Waals surface area contributed by atoms with E-state index >= 15 is 0 Å². The first-order valence-electron chi connectivity index (χ1n) is 10.8. The Morgan fingerprint density at radius 3 is 2.28 bits per heavy atom. The number of rotatable bonds is 6. The first-order valence-corrected chi connectivity index (χ1v) is 10.8. The normalized spacial score (nSPS) is 18.8. The molecule has 3 aromatic rings. The Labute approximate surface area is 188 Å². The predicted molar refractivity (Wildman–Crippen MR) is 123 cm³/mol. The van der Waals surface area contributed by atoms with Gasteiger partial charge in [0.15, 0.2) is 0 Å². The van der Waals surface area contributed by atoms with Gasteiger partial charge in [-0.1, -0.05) is 0 Å². The summed E-state index contributed by atoms with van der Waals surface area (Å²) >= 11 is 0. The Bertz CT molecular complexity index is 1130. The molecule has 0 saturated carbocycles. The predicted octanol–water partition coefficient (Wildman–Crippen LogP) is 5.34. The molecule has 0 unspecified atom stereocenters. The molecule has 0 saturated heterocycles. The minimum absolute atomic E-state index is 0.0579. The summed E-state index contributed by atoms with van der Waals surface area (Å²) in [5.74, 6) is 3.34. The SMILES string of the molecule is CCOc1ccc([C@@H]2Oc3ccc(OC)cc3[C@@H]3CC(c4ccc(OC)cc4)=NN32)cc1. The third kappa shape index (κ3) is 3.62. The molecule has 2 atom stereocenters. The highest BCUT2D eigenvalue weighted by Crippen LogP contribution is 2.48. The lowest BCUT2D eigenvalue weighted by Gasteiger charge is -2.38. The molecule has 0 spiro atoms. The first-order chi connectivity index (χ1) is 15.7. The van der Waals surface area contributed by atoms with Gasteiger partial charge in [-0.2, -0.15) is 5.10 Å². The van der Waals surface area contributed by atoms with Crippen molar-refractivity contribution in [2.24, 2.45) is 5.10 Å². The van der Waals surface area contributed by atoms with Gasteiger partial charge in [0.25, 0.3) is 0 Å². The Morgan fingerprint density at radius 2 is 1.59 bits per heavy atom.